The van der Waals surface area contributed by atoms with Crippen molar-refractivity contribution < 1.29 is 28.7 Å². The van der Waals surface area contributed by atoms with E-state index in [1.54, 1.807) is 32.0 Å². The molecule has 1 unspecified atom stereocenters. The minimum absolute atomic E-state index is 0.0336. The molecule has 0 spiro atoms. The summed E-state index contributed by atoms with van der Waals surface area (Å²) in [5.74, 6) is -0.0543. The lowest BCUT2D eigenvalue weighted by molar-refractivity contribution is -0.163. The largest absolute Gasteiger partial charge is 0.454 e. The van der Waals surface area contributed by atoms with Crippen LogP contribution in [0.5, 0.6) is 11.5 Å². The smallest absolute Gasteiger partial charge is 0.261 e. The van der Waals surface area contributed by atoms with Crippen LogP contribution in [0.25, 0.3) is 0 Å². The number of thioether (sulfide) groups is 2. The number of amides is 2. The molecule has 6 rings (SSSR count). The van der Waals surface area contributed by atoms with Gasteiger partial charge in [0.15, 0.2) is 31.5 Å². The van der Waals surface area contributed by atoms with Gasteiger partial charge in [0.1, 0.15) is 0 Å². The molecule has 2 amide bonds. The van der Waals surface area contributed by atoms with Gasteiger partial charge in [0.25, 0.3) is 11.8 Å². The summed E-state index contributed by atoms with van der Waals surface area (Å²) in [6.45, 7) is 3.30. The fourth-order valence-corrected chi connectivity index (χ4v) is 8.99. The number of fused-ring (bicyclic) bond motifs is 2. The van der Waals surface area contributed by atoms with Crippen molar-refractivity contribution in [1.82, 2.24) is 9.80 Å². The highest BCUT2D eigenvalue weighted by Gasteiger charge is 2.71. The number of carbonyl (C=O) groups excluding carboxylic acids is 4. The van der Waals surface area contributed by atoms with Crippen LogP contribution in [0.15, 0.2) is 78.9 Å². The number of ether oxygens (including phenoxy) is 2. The Kier molecular flexibility index (Phi) is 7.91. The Bertz CT molecular complexity index is 1730. The zero-order valence-electron chi connectivity index (χ0n) is 25.0. The third kappa shape index (κ3) is 5.26. The summed E-state index contributed by atoms with van der Waals surface area (Å²) in [5, 5.41) is 10.0. The third-order valence-electron chi connectivity index (χ3n) is 8.70. The lowest BCUT2D eigenvalue weighted by Crippen LogP contribution is -2.71. The first-order valence-electron chi connectivity index (χ1n) is 14.5. The predicted octanol–water partition coefficient (Wildman–Crippen LogP) is 5.11. The van der Waals surface area contributed by atoms with Gasteiger partial charge in [-0.25, -0.2) is 0 Å². The topological polar surface area (TPSA) is 117 Å². The van der Waals surface area contributed by atoms with Crippen LogP contribution < -0.4 is 9.47 Å². The van der Waals surface area contributed by atoms with E-state index in [2.05, 4.69) is 6.07 Å². The molecule has 0 aromatic heterocycles. The highest BCUT2D eigenvalue weighted by molar-refractivity contribution is 8.16. The zero-order valence-corrected chi connectivity index (χ0v) is 26.7. The Balaban J connectivity index is 1.44. The second-order valence-corrected chi connectivity index (χ2v) is 14.6. The molecule has 3 aliphatic rings. The van der Waals surface area contributed by atoms with E-state index in [0.717, 1.165) is 34.7 Å². The molecular weight excluding hydrogens is 611 g/mol. The van der Waals surface area contributed by atoms with Gasteiger partial charge in [-0.1, -0.05) is 66.7 Å². The maximum atomic E-state index is 14.9. The van der Waals surface area contributed by atoms with Crippen molar-refractivity contribution in [3.63, 3.8) is 0 Å². The Hall–Kier alpha value is -4.27. The molecule has 0 N–H and O–H groups in total. The van der Waals surface area contributed by atoms with Gasteiger partial charge in [-0.2, -0.15) is 5.26 Å². The Morgan fingerprint density at radius 2 is 1.44 bits per heavy atom. The van der Waals surface area contributed by atoms with E-state index >= 15 is 0 Å². The summed E-state index contributed by atoms with van der Waals surface area (Å²) in [6, 6.07) is 25.0. The van der Waals surface area contributed by atoms with Crippen LogP contribution in [0.3, 0.4) is 0 Å². The molecule has 0 bridgehead atoms. The van der Waals surface area contributed by atoms with Crippen LogP contribution in [-0.2, 0) is 32.0 Å². The highest BCUT2D eigenvalue weighted by Crippen LogP contribution is 2.62. The maximum absolute atomic E-state index is 14.9. The monoisotopic (exact) mass is 641 g/mol. The number of piperazine rings is 1. The number of hydrogen-bond donors (Lipinski definition) is 0. The van der Waals surface area contributed by atoms with Crippen LogP contribution >= 0.6 is 23.5 Å². The fourth-order valence-electron chi connectivity index (χ4n) is 6.40. The molecule has 3 aliphatic heterocycles. The van der Waals surface area contributed by atoms with Gasteiger partial charge in [0.2, 0.25) is 6.79 Å². The normalized spacial score (nSPS) is 26.8. The highest BCUT2D eigenvalue weighted by atomic mass is 32.2. The van der Waals surface area contributed by atoms with Gasteiger partial charge in [0.05, 0.1) is 17.5 Å². The van der Waals surface area contributed by atoms with E-state index in [1.165, 1.54) is 16.8 Å². The van der Waals surface area contributed by atoms with Crippen molar-refractivity contribution in [3.8, 4) is 17.6 Å². The lowest BCUT2D eigenvalue weighted by Gasteiger charge is -2.52. The number of hydrogen-bond acceptors (Lipinski definition) is 9. The average molecular weight is 642 g/mol. The summed E-state index contributed by atoms with van der Waals surface area (Å²) >= 11 is 1.57. The summed E-state index contributed by atoms with van der Waals surface area (Å²) in [5.41, 5.74) is 0.837. The van der Waals surface area contributed by atoms with E-state index in [1.807, 2.05) is 60.7 Å². The quantitative estimate of drug-likeness (QED) is 0.347. The number of rotatable bonds is 7. The molecule has 2 fully saturated rings. The molecule has 9 nitrogen and oxygen atoms in total. The van der Waals surface area contributed by atoms with Gasteiger partial charge in [0, 0.05) is 26.3 Å². The maximum Gasteiger partial charge on any atom is 0.261 e. The minimum Gasteiger partial charge on any atom is -0.454 e. The van der Waals surface area contributed by atoms with Crippen LogP contribution in [0.4, 0.5) is 0 Å². The van der Waals surface area contributed by atoms with Crippen molar-refractivity contribution in [3.05, 3.63) is 95.6 Å². The van der Waals surface area contributed by atoms with E-state index in [9.17, 15) is 24.4 Å². The Labute approximate surface area is 269 Å². The van der Waals surface area contributed by atoms with E-state index in [0.29, 0.717) is 17.1 Å². The Morgan fingerprint density at radius 1 is 0.867 bits per heavy atom. The molecule has 0 aliphatic carbocycles. The number of likely N-dealkylation sites (N-methyl/N-ethyl adjacent to an activating group) is 1. The number of carbonyl (C=O) groups is 4. The molecule has 4 atom stereocenters. The number of nitrogens with zero attached hydrogens (tertiary/aromatic N) is 3. The molecule has 45 heavy (non-hydrogen) atoms. The van der Waals surface area contributed by atoms with Crippen LogP contribution in [0, 0.1) is 16.7 Å². The van der Waals surface area contributed by atoms with E-state index in [-0.39, 0.29) is 36.3 Å². The number of benzene rings is 3. The van der Waals surface area contributed by atoms with Crippen LogP contribution in [-0.4, -0.2) is 55.4 Å². The SMILES string of the molecule is CN1C(=O)C2(SC(=O)Cc3ccccc3)C[C@](C)(C#N)[C@H](c3ccc4c(c3)OCO4)N2C(=O)[C@]1(C)SC(=O)Cc1ccccc1. The lowest BCUT2D eigenvalue weighted by atomic mass is 9.79. The standard InChI is InChI=1S/C34H31N3O6S2/c1-32(20-35)19-34(45-28(39)17-23-12-8-5-9-13-23)31(41)36(3)33(2,44-27(38)16-22-10-6-4-7-11-22)30(40)37(34)29(32)24-14-15-25-26(18-24)43-21-42-25/h4-15,18,29H,16-17,19,21H2,1-3H3/t29-,32+,33-,34?/m0/s1. The molecule has 0 saturated carbocycles. The molecule has 230 valence electrons. The average Bonchev–Trinajstić information content (AvgIpc) is 3.60. The van der Waals surface area contributed by atoms with Crippen molar-refractivity contribution in [2.45, 2.75) is 48.9 Å². The summed E-state index contributed by atoms with van der Waals surface area (Å²) < 4.78 is 11.1. The van der Waals surface area contributed by atoms with Gasteiger partial charge >= 0.3 is 0 Å². The fraction of sp³-hybridized carbons (Fsp3) is 0.324. The van der Waals surface area contributed by atoms with Gasteiger partial charge in [-0.05, 0) is 66.2 Å². The van der Waals surface area contributed by atoms with Crippen LogP contribution in [0.2, 0.25) is 0 Å². The summed E-state index contributed by atoms with van der Waals surface area (Å²) in [6.07, 6.45) is 0.00755. The molecule has 2 saturated heterocycles. The first-order chi connectivity index (χ1) is 21.5. The molecule has 3 heterocycles. The zero-order chi connectivity index (χ0) is 32.0. The van der Waals surface area contributed by atoms with Gasteiger partial charge in [-0.3, -0.25) is 19.2 Å². The second kappa shape index (κ2) is 11.6. The molecular formula is C34H31N3O6S2. The van der Waals surface area contributed by atoms with Crippen molar-refractivity contribution >= 4 is 45.6 Å². The van der Waals surface area contributed by atoms with Crippen LogP contribution in [0.1, 0.15) is 43.0 Å². The van der Waals surface area contributed by atoms with E-state index in [4.69, 9.17) is 9.47 Å². The molecule has 0 radical (unpaired) electrons. The molecule has 3 aromatic carbocycles. The summed E-state index contributed by atoms with van der Waals surface area (Å²) in [7, 11) is 1.49. The first kappa shape index (κ1) is 30.7. The summed E-state index contributed by atoms with van der Waals surface area (Å²) in [4.78, 5) is 56.0. The number of nitriles is 1. The van der Waals surface area contributed by atoms with Crippen molar-refractivity contribution in [2.75, 3.05) is 13.8 Å². The molecule has 11 heteroatoms. The van der Waals surface area contributed by atoms with Crippen molar-refractivity contribution in [2.24, 2.45) is 5.41 Å². The molecule has 3 aromatic rings. The minimum atomic E-state index is -1.72. The Morgan fingerprint density at radius 3 is 2.04 bits per heavy atom. The predicted molar refractivity (Wildman–Crippen MR) is 170 cm³/mol. The van der Waals surface area contributed by atoms with Crippen molar-refractivity contribution in [1.29, 1.82) is 5.26 Å². The van der Waals surface area contributed by atoms with Gasteiger partial charge in [-0.15, -0.1) is 0 Å². The van der Waals surface area contributed by atoms with E-state index < -0.39 is 33.0 Å². The first-order valence-corrected chi connectivity index (χ1v) is 16.1. The van der Waals surface area contributed by atoms with Gasteiger partial charge < -0.3 is 19.3 Å². The second-order valence-electron chi connectivity index (χ2n) is 11.8. The third-order valence-corrected chi connectivity index (χ3v) is 11.1.